The highest BCUT2D eigenvalue weighted by molar-refractivity contribution is 8.13. The Balaban J connectivity index is 2.28. The van der Waals surface area contributed by atoms with Gasteiger partial charge in [-0.05, 0) is 48.2 Å². The van der Waals surface area contributed by atoms with Crippen LogP contribution >= 0.6 is 6.49 Å². The monoisotopic (exact) mass is 289 g/mol. The van der Waals surface area contributed by atoms with Gasteiger partial charge in [0.2, 0.25) is 0 Å². The average molecular weight is 289 g/mol. The van der Waals surface area contributed by atoms with Crippen molar-refractivity contribution in [1.82, 2.24) is 0 Å². The third kappa shape index (κ3) is 3.21. The number of rotatable bonds is 4. The van der Waals surface area contributed by atoms with Gasteiger partial charge in [-0.15, -0.1) is 0 Å². The summed E-state index contributed by atoms with van der Waals surface area (Å²) in [5, 5.41) is 9.61. The fraction of sp³-hybridized carbons (Fsp3) is 0.0714. The second-order valence-corrected chi connectivity index (χ2v) is 7.24. The van der Waals surface area contributed by atoms with E-state index in [9.17, 15) is 0 Å². The highest BCUT2D eigenvalue weighted by Crippen LogP contribution is 2.46. The van der Waals surface area contributed by atoms with Crippen LogP contribution in [0.15, 0.2) is 54.6 Å². The molecule has 0 radical (unpaired) electrons. The Morgan fingerprint density at radius 3 is 2.21 bits per heavy atom. The normalized spacial score (nSPS) is 13.3. The first-order valence-electron chi connectivity index (χ1n) is 5.59. The van der Waals surface area contributed by atoms with Crippen molar-refractivity contribution in [2.24, 2.45) is 0 Å². The van der Waals surface area contributed by atoms with Crippen molar-refractivity contribution in [1.29, 1.82) is 5.26 Å². The molecule has 0 aliphatic carbocycles. The van der Waals surface area contributed by atoms with Gasteiger partial charge in [-0.25, -0.2) is 0 Å². The van der Waals surface area contributed by atoms with Gasteiger partial charge >= 0.3 is 0 Å². The van der Waals surface area contributed by atoms with Crippen LogP contribution < -0.4 is 9.83 Å². The van der Waals surface area contributed by atoms with Crippen molar-refractivity contribution < 1.29 is 9.05 Å². The second kappa shape index (κ2) is 5.99. The maximum Gasteiger partial charge on any atom is 0.268 e. The van der Waals surface area contributed by atoms with Gasteiger partial charge in [0.1, 0.15) is 5.75 Å². The van der Waals surface area contributed by atoms with Crippen molar-refractivity contribution in [3.63, 3.8) is 0 Å². The van der Waals surface area contributed by atoms with Crippen LogP contribution in [0.4, 0.5) is 0 Å². The fourth-order valence-electron chi connectivity index (χ4n) is 1.54. The minimum Gasteiger partial charge on any atom is -0.440 e. The Bertz CT molecular complexity index is 635. The highest BCUT2D eigenvalue weighted by atomic mass is 32.5. The molecule has 2 rings (SSSR count). The largest absolute Gasteiger partial charge is 0.440 e. The molecular formula is C14H12NO2PS. The van der Waals surface area contributed by atoms with Crippen molar-refractivity contribution in [3.8, 4) is 11.8 Å². The Labute approximate surface area is 117 Å². The van der Waals surface area contributed by atoms with Crippen LogP contribution in [0.2, 0.25) is 0 Å². The maximum atomic E-state index is 8.76. The molecule has 96 valence electrons. The minimum atomic E-state index is -2.55. The zero-order valence-electron chi connectivity index (χ0n) is 10.3. The van der Waals surface area contributed by atoms with Gasteiger partial charge in [0.05, 0.1) is 11.6 Å². The third-order valence-corrected chi connectivity index (χ3v) is 5.69. The van der Waals surface area contributed by atoms with E-state index in [1.165, 1.54) is 0 Å². The highest BCUT2D eigenvalue weighted by Gasteiger charge is 2.21. The molecule has 0 spiro atoms. The number of nitrogens with zero attached hydrogens (tertiary/aromatic N) is 1. The molecule has 2 aromatic carbocycles. The van der Waals surface area contributed by atoms with Crippen LogP contribution in [-0.2, 0) is 16.3 Å². The predicted octanol–water partition coefficient (Wildman–Crippen LogP) is 3.22. The van der Waals surface area contributed by atoms with Crippen LogP contribution in [0.5, 0.6) is 5.75 Å². The summed E-state index contributed by atoms with van der Waals surface area (Å²) in [5.41, 5.74) is 0.581. The maximum absolute atomic E-state index is 8.76. The summed E-state index contributed by atoms with van der Waals surface area (Å²) in [5.74, 6) is 0.605. The zero-order valence-corrected chi connectivity index (χ0v) is 12.0. The molecule has 1 atom stereocenters. The van der Waals surface area contributed by atoms with Crippen LogP contribution in [0.1, 0.15) is 5.56 Å². The van der Waals surface area contributed by atoms with Crippen LogP contribution in [0.25, 0.3) is 0 Å². The molecule has 0 aliphatic rings. The van der Waals surface area contributed by atoms with E-state index >= 15 is 0 Å². The first-order chi connectivity index (χ1) is 9.18. The molecule has 0 heterocycles. The van der Waals surface area contributed by atoms with Crippen LogP contribution in [-0.4, -0.2) is 7.11 Å². The molecule has 0 aromatic heterocycles. The summed E-state index contributed by atoms with van der Waals surface area (Å²) >= 11 is 5.51. The minimum absolute atomic E-state index is 0.581. The molecule has 0 fully saturated rings. The van der Waals surface area contributed by atoms with E-state index in [2.05, 4.69) is 6.07 Å². The van der Waals surface area contributed by atoms with Gasteiger partial charge in [-0.2, -0.15) is 5.26 Å². The Hall–Kier alpha value is -1.66. The standard InChI is InChI=1S/C14H12NO2PS/c1-16-18(19,14-5-3-2-4-6-14)17-13-9-7-12(11-15)8-10-13/h2-10H,1H3. The summed E-state index contributed by atoms with van der Waals surface area (Å²) in [6.07, 6.45) is 0. The van der Waals surface area contributed by atoms with Gasteiger partial charge in [-0.1, -0.05) is 18.2 Å². The molecule has 0 saturated heterocycles. The molecule has 0 saturated carbocycles. The van der Waals surface area contributed by atoms with E-state index in [1.54, 1.807) is 31.4 Å². The van der Waals surface area contributed by atoms with E-state index < -0.39 is 6.49 Å². The lowest BCUT2D eigenvalue weighted by Crippen LogP contribution is -2.10. The second-order valence-electron chi connectivity index (χ2n) is 3.74. The smallest absolute Gasteiger partial charge is 0.268 e. The molecule has 3 nitrogen and oxygen atoms in total. The van der Waals surface area contributed by atoms with Crippen molar-refractivity contribution in [2.45, 2.75) is 0 Å². The van der Waals surface area contributed by atoms with Crippen molar-refractivity contribution in [3.05, 3.63) is 60.2 Å². The van der Waals surface area contributed by atoms with Gasteiger partial charge in [0.25, 0.3) is 6.49 Å². The Kier molecular flexibility index (Phi) is 4.34. The first-order valence-corrected chi connectivity index (χ1v) is 8.23. The molecular weight excluding hydrogens is 277 g/mol. The number of nitriles is 1. The fourth-order valence-corrected chi connectivity index (χ4v) is 3.49. The van der Waals surface area contributed by atoms with Crippen LogP contribution in [0.3, 0.4) is 0 Å². The molecule has 0 amide bonds. The van der Waals surface area contributed by atoms with Gasteiger partial charge < -0.3 is 9.05 Å². The molecule has 19 heavy (non-hydrogen) atoms. The van der Waals surface area contributed by atoms with E-state index in [0.29, 0.717) is 11.3 Å². The first kappa shape index (κ1) is 13.8. The van der Waals surface area contributed by atoms with Crippen molar-refractivity contribution >= 4 is 23.6 Å². The lowest BCUT2D eigenvalue weighted by molar-refractivity contribution is 0.402. The van der Waals surface area contributed by atoms with Crippen molar-refractivity contribution in [2.75, 3.05) is 7.11 Å². The third-order valence-electron chi connectivity index (χ3n) is 2.52. The molecule has 0 bridgehead atoms. The van der Waals surface area contributed by atoms with E-state index in [4.69, 9.17) is 26.1 Å². The summed E-state index contributed by atoms with van der Waals surface area (Å²) in [7, 11) is 1.55. The lowest BCUT2D eigenvalue weighted by Gasteiger charge is -2.21. The number of benzene rings is 2. The quantitative estimate of drug-likeness (QED) is 0.810. The number of hydrogen-bond acceptors (Lipinski definition) is 4. The zero-order chi connectivity index (χ0) is 13.7. The van der Waals surface area contributed by atoms with E-state index in [1.807, 2.05) is 30.3 Å². The Morgan fingerprint density at radius 1 is 1.05 bits per heavy atom. The van der Waals surface area contributed by atoms with E-state index in [0.717, 1.165) is 5.30 Å². The predicted molar refractivity (Wildman–Crippen MR) is 79.2 cm³/mol. The summed E-state index contributed by atoms with van der Waals surface area (Å²) in [6.45, 7) is -2.55. The van der Waals surface area contributed by atoms with Crippen LogP contribution in [0, 0.1) is 11.3 Å². The van der Waals surface area contributed by atoms with Gasteiger partial charge in [0, 0.05) is 12.4 Å². The molecule has 0 N–H and O–H groups in total. The topological polar surface area (TPSA) is 42.2 Å². The SMILES string of the molecule is COP(=S)(Oc1ccc(C#N)cc1)c1ccccc1. The average Bonchev–Trinajstić information content (AvgIpc) is 2.49. The summed E-state index contributed by atoms with van der Waals surface area (Å²) in [4.78, 5) is 0. The molecule has 2 aromatic rings. The number of hydrogen-bond donors (Lipinski definition) is 0. The van der Waals surface area contributed by atoms with Gasteiger partial charge in [-0.3, -0.25) is 0 Å². The molecule has 0 aliphatic heterocycles. The summed E-state index contributed by atoms with van der Waals surface area (Å²) < 4.78 is 11.3. The van der Waals surface area contributed by atoms with Gasteiger partial charge in [0.15, 0.2) is 0 Å². The van der Waals surface area contributed by atoms with E-state index in [-0.39, 0.29) is 0 Å². The molecule has 5 heteroatoms. The Morgan fingerprint density at radius 2 is 1.68 bits per heavy atom. The molecule has 1 unspecified atom stereocenters. The summed E-state index contributed by atoms with van der Waals surface area (Å²) in [6, 6.07) is 18.4. The lowest BCUT2D eigenvalue weighted by atomic mass is 10.2.